The van der Waals surface area contributed by atoms with E-state index in [9.17, 15) is 0 Å². The maximum atomic E-state index is 2.35. The Morgan fingerprint density at radius 3 is 1.33 bits per heavy atom. The van der Waals surface area contributed by atoms with Crippen molar-refractivity contribution in [3.63, 3.8) is 0 Å². The summed E-state index contributed by atoms with van der Waals surface area (Å²) < 4.78 is 0. The molecule has 0 heteroatoms. The molecule has 0 fully saturated rings. The Morgan fingerprint density at radius 1 is 0.417 bits per heavy atom. The largest absolute Gasteiger partial charge is 0.0885 e. The molecule has 0 nitrogen and oxygen atoms in total. The van der Waals surface area contributed by atoms with Gasteiger partial charge in [-0.05, 0) is 44.9 Å². The summed E-state index contributed by atoms with van der Waals surface area (Å²) in [5, 5.41) is 0. The fraction of sp³-hybridized carbons (Fsp3) is 0.667. The van der Waals surface area contributed by atoms with E-state index in [1.807, 2.05) is 0 Å². The zero-order valence-electron chi connectivity index (χ0n) is 7.97. The van der Waals surface area contributed by atoms with Crippen LogP contribution in [0.25, 0.3) is 0 Å². The summed E-state index contributed by atoms with van der Waals surface area (Å²) in [6, 6.07) is 0. The molecule has 0 radical (unpaired) electrons. The highest BCUT2D eigenvalue weighted by molar-refractivity contribution is 4.86. The van der Waals surface area contributed by atoms with E-state index in [4.69, 9.17) is 0 Å². The summed E-state index contributed by atoms with van der Waals surface area (Å²) in [4.78, 5) is 0. The molecule has 0 spiro atoms. The van der Waals surface area contributed by atoms with E-state index in [-0.39, 0.29) is 0 Å². The molecule has 0 atom stereocenters. The van der Waals surface area contributed by atoms with Crippen molar-refractivity contribution >= 4 is 0 Å². The lowest BCUT2D eigenvalue weighted by Crippen LogP contribution is -1.77. The zero-order valence-corrected chi connectivity index (χ0v) is 7.97. The van der Waals surface area contributed by atoms with Gasteiger partial charge in [0.2, 0.25) is 0 Å². The molecule has 0 aliphatic heterocycles. The van der Waals surface area contributed by atoms with Gasteiger partial charge in [0.1, 0.15) is 0 Å². The lowest BCUT2D eigenvalue weighted by Gasteiger charge is -1.97. The number of hydrogen-bond acceptors (Lipinski definition) is 0. The molecule has 0 aromatic carbocycles. The van der Waals surface area contributed by atoms with E-state index >= 15 is 0 Å². The smallest absolute Gasteiger partial charge is 0.0348 e. The molecule has 0 heterocycles. The summed E-state index contributed by atoms with van der Waals surface area (Å²) in [6.45, 7) is 0. The lowest BCUT2D eigenvalue weighted by molar-refractivity contribution is 0.691. The van der Waals surface area contributed by atoms with Gasteiger partial charge in [0, 0.05) is 0 Å². The minimum atomic E-state index is 1.27. The number of hydrogen-bond donors (Lipinski definition) is 0. The first-order valence-electron chi connectivity index (χ1n) is 5.30. The number of allylic oxidation sites excluding steroid dienone is 4. The highest BCUT2D eigenvalue weighted by Crippen LogP contribution is 2.08. The third-order valence-electron chi connectivity index (χ3n) is 2.32. The fourth-order valence-corrected chi connectivity index (χ4v) is 1.53. The van der Waals surface area contributed by atoms with Crippen LogP contribution in [0, 0.1) is 0 Å². The van der Waals surface area contributed by atoms with Gasteiger partial charge in [0.25, 0.3) is 0 Å². The van der Waals surface area contributed by atoms with Crippen molar-refractivity contribution in [2.24, 2.45) is 0 Å². The van der Waals surface area contributed by atoms with Gasteiger partial charge in [0.15, 0.2) is 0 Å². The van der Waals surface area contributed by atoms with E-state index in [2.05, 4.69) is 24.3 Å². The van der Waals surface area contributed by atoms with Gasteiger partial charge >= 0.3 is 0 Å². The fourth-order valence-electron chi connectivity index (χ4n) is 1.53. The predicted molar refractivity (Wildman–Crippen MR) is 55.2 cm³/mol. The van der Waals surface area contributed by atoms with Gasteiger partial charge in [-0.15, -0.1) is 0 Å². The molecule has 68 valence electrons. The molecule has 0 saturated carbocycles. The van der Waals surface area contributed by atoms with E-state index < -0.39 is 0 Å². The van der Waals surface area contributed by atoms with Gasteiger partial charge in [-0.25, -0.2) is 0 Å². The van der Waals surface area contributed by atoms with Crippen LogP contribution >= 0.6 is 0 Å². The summed E-state index contributed by atoms with van der Waals surface area (Å²) in [5.74, 6) is 0. The molecule has 0 aromatic rings. The van der Waals surface area contributed by atoms with Crippen LogP contribution in [0.5, 0.6) is 0 Å². The van der Waals surface area contributed by atoms with Gasteiger partial charge in [-0.3, -0.25) is 0 Å². The van der Waals surface area contributed by atoms with Crippen LogP contribution < -0.4 is 0 Å². The Kier molecular flexibility index (Phi) is 5.70. The van der Waals surface area contributed by atoms with Crippen LogP contribution in [0.3, 0.4) is 0 Å². The van der Waals surface area contributed by atoms with Crippen molar-refractivity contribution in [3.05, 3.63) is 24.3 Å². The Hall–Kier alpha value is -0.520. The van der Waals surface area contributed by atoms with Crippen LogP contribution in [0.1, 0.15) is 51.4 Å². The normalized spacial score (nSPS) is 26.7. The van der Waals surface area contributed by atoms with Gasteiger partial charge in [-0.1, -0.05) is 30.7 Å². The molecule has 1 aliphatic rings. The van der Waals surface area contributed by atoms with Crippen LogP contribution in [0.2, 0.25) is 0 Å². The summed E-state index contributed by atoms with van der Waals surface area (Å²) in [6.07, 6.45) is 20.0. The Morgan fingerprint density at radius 2 is 0.833 bits per heavy atom. The highest BCUT2D eigenvalue weighted by Gasteiger charge is 1.88. The minimum absolute atomic E-state index is 1.27. The van der Waals surface area contributed by atoms with Crippen LogP contribution in [-0.4, -0.2) is 0 Å². The van der Waals surface area contributed by atoms with E-state index in [1.165, 1.54) is 51.4 Å². The van der Waals surface area contributed by atoms with Crippen LogP contribution in [0.15, 0.2) is 24.3 Å². The Bertz CT molecular complexity index is 126. The maximum Gasteiger partial charge on any atom is -0.0348 e. The molecule has 0 unspecified atom stereocenters. The van der Waals surface area contributed by atoms with E-state index in [1.54, 1.807) is 0 Å². The maximum absolute atomic E-state index is 2.35. The van der Waals surface area contributed by atoms with Crippen LogP contribution in [-0.2, 0) is 0 Å². The Labute approximate surface area is 76.4 Å². The molecule has 0 bridgehead atoms. The van der Waals surface area contributed by atoms with Crippen LogP contribution in [0.4, 0.5) is 0 Å². The first kappa shape index (κ1) is 9.57. The van der Waals surface area contributed by atoms with Gasteiger partial charge in [0.05, 0.1) is 0 Å². The minimum Gasteiger partial charge on any atom is -0.0885 e. The summed E-state index contributed by atoms with van der Waals surface area (Å²) >= 11 is 0. The first-order valence-corrected chi connectivity index (χ1v) is 5.30. The first-order chi connectivity index (χ1) is 6.00. The quantitative estimate of drug-likeness (QED) is 0.470. The van der Waals surface area contributed by atoms with Crippen molar-refractivity contribution in [1.29, 1.82) is 0 Å². The second kappa shape index (κ2) is 7.15. The molecule has 0 N–H and O–H groups in total. The van der Waals surface area contributed by atoms with Crippen molar-refractivity contribution in [2.45, 2.75) is 51.4 Å². The second-order valence-corrected chi connectivity index (χ2v) is 3.51. The lowest BCUT2D eigenvalue weighted by atomic mass is 10.1. The molecular weight excluding hydrogens is 144 g/mol. The van der Waals surface area contributed by atoms with Gasteiger partial charge < -0.3 is 0 Å². The summed E-state index contributed by atoms with van der Waals surface area (Å²) in [5.41, 5.74) is 0. The van der Waals surface area contributed by atoms with Crippen molar-refractivity contribution in [2.75, 3.05) is 0 Å². The molecule has 0 aromatic heterocycles. The third kappa shape index (κ3) is 5.17. The van der Waals surface area contributed by atoms with Crippen molar-refractivity contribution < 1.29 is 0 Å². The molecule has 12 heavy (non-hydrogen) atoms. The topological polar surface area (TPSA) is 0 Å². The molecular formula is C12H20. The molecule has 0 saturated heterocycles. The molecule has 1 aliphatic carbocycles. The zero-order chi connectivity index (χ0) is 8.49. The van der Waals surface area contributed by atoms with Gasteiger partial charge in [-0.2, -0.15) is 0 Å². The predicted octanol–water partition coefficient (Wildman–Crippen LogP) is 4.23. The van der Waals surface area contributed by atoms with E-state index in [0.717, 1.165) is 0 Å². The average molecular weight is 164 g/mol. The number of rotatable bonds is 0. The standard InChI is InChI=1S/C12H20/c1-2-4-6-8-10-12-11-9-7-5-3-1/h1-2,9,11H,3-8,10,12H2/b2-1+,11-9+. The Balaban J connectivity index is 2.19. The highest BCUT2D eigenvalue weighted by atomic mass is 13.9. The van der Waals surface area contributed by atoms with Crippen molar-refractivity contribution in [1.82, 2.24) is 0 Å². The monoisotopic (exact) mass is 164 g/mol. The van der Waals surface area contributed by atoms with E-state index in [0.29, 0.717) is 0 Å². The molecule has 0 amide bonds. The average Bonchev–Trinajstić information content (AvgIpc) is 2.05. The molecule has 1 rings (SSSR count). The third-order valence-corrected chi connectivity index (χ3v) is 2.32. The summed E-state index contributed by atoms with van der Waals surface area (Å²) in [7, 11) is 0. The second-order valence-electron chi connectivity index (χ2n) is 3.51. The van der Waals surface area contributed by atoms with Crippen molar-refractivity contribution in [3.8, 4) is 0 Å². The SMILES string of the molecule is C1=C/CCCCC/C=C/CCC/1.